The van der Waals surface area contributed by atoms with Gasteiger partial charge in [0.1, 0.15) is 0 Å². The molecule has 0 unspecified atom stereocenters. The summed E-state index contributed by atoms with van der Waals surface area (Å²) in [5.74, 6) is 0.251. The number of amides is 1. The van der Waals surface area contributed by atoms with E-state index in [1.807, 2.05) is 36.3 Å². The molecule has 5 heteroatoms. The smallest absolute Gasteiger partial charge is 0.236 e. The number of likely N-dealkylation sites (tertiary alicyclic amines) is 1. The van der Waals surface area contributed by atoms with Gasteiger partial charge in [-0.05, 0) is 26.3 Å². The average Bonchev–Trinajstić information content (AvgIpc) is 2.75. The molecule has 5 nitrogen and oxygen atoms in total. The van der Waals surface area contributed by atoms with Crippen LogP contribution in [0, 0.1) is 0 Å². The van der Waals surface area contributed by atoms with Gasteiger partial charge in [0.2, 0.25) is 5.91 Å². The third kappa shape index (κ3) is 3.57. The van der Waals surface area contributed by atoms with Crippen LogP contribution in [-0.2, 0) is 18.4 Å². The van der Waals surface area contributed by atoms with Gasteiger partial charge in [-0.15, -0.1) is 0 Å². The maximum atomic E-state index is 12.1. The lowest BCUT2D eigenvalue weighted by Crippen LogP contribution is -2.41. The summed E-state index contributed by atoms with van der Waals surface area (Å²) in [5, 5.41) is 4.13. The first-order valence-corrected chi connectivity index (χ1v) is 6.59. The first kappa shape index (κ1) is 13.1. The molecule has 1 amide bonds. The number of carbonyl (C=O) groups excluding carboxylic acids is 1. The third-order valence-electron chi connectivity index (χ3n) is 3.32. The van der Waals surface area contributed by atoms with E-state index in [1.165, 1.54) is 6.42 Å². The highest BCUT2D eigenvalue weighted by Crippen LogP contribution is 2.09. The molecule has 0 bridgehead atoms. The quantitative estimate of drug-likeness (QED) is 0.796. The Bertz CT molecular complexity index is 395. The molecule has 1 aromatic rings. The minimum absolute atomic E-state index is 0.251. The second-order valence-electron chi connectivity index (χ2n) is 5.14. The molecule has 0 aliphatic carbocycles. The summed E-state index contributed by atoms with van der Waals surface area (Å²) >= 11 is 0. The van der Waals surface area contributed by atoms with Crippen LogP contribution in [-0.4, -0.2) is 52.2 Å². The largest absolute Gasteiger partial charge is 0.342 e. The Labute approximate surface area is 108 Å². The van der Waals surface area contributed by atoms with E-state index in [2.05, 4.69) is 5.10 Å². The lowest BCUT2D eigenvalue weighted by Gasteiger charge is -2.28. The van der Waals surface area contributed by atoms with Gasteiger partial charge >= 0.3 is 0 Å². The Hall–Kier alpha value is -1.36. The molecule has 18 heavy (non-hydrogen) atoms. The van der Waals surface area contributed by atoms with E-state index < -0.39 is 0 Å². The lowest BCUT2D eigenvalue weighted by molar-refractivity contribution is -0.133. The number of hydrogen-bond acceptors (Lipinski definition) is 3. The van der Waals surface area contributed by atoms with Crippen molar-refractivity contribution in [2.45, 2.75) is 25.8 Å². The normalized spacial score (nSPS) is 16.3. The molecule has 0 atom stereocenters. The molecule has 1 saturated heterocycles. The molecule has 2 heterocycles. The summed E-state index contributed by atoms with van der Waals surface area (Å²) in [6.07, 6.45) is 7.40. The van der Waals surface area contributed by atoms with Crippen LogP contribution in [0.5, 0.6) is 0 Å². The number of hydrogen-bond donors (Lipinski definition) is 0. The summed E-state index contributed by atoms with van der Waals surface area (Å²) in [4.78, 5) is 16.1. The topological polar surface area (TPSA) is 41.4 Å². The highest BCUT2D eigenvalue weighted by Gasteiger charge is 2.17. The fraction of sp³-hybridized carbons (Fsp3) is 0.692. The standard InChI is InChI=1S/C13H22N4O/c1-15(9-12-8-14-16(2)10-12)11-13(18)17-6-4-3-5-7-17/h8,10H,3-7,9,11H2,1-2H3. The summed E-state index contributed by atoms with van der Waals surface area (Å²) in [6.45, 7) is 3.13. The van der Waals surface area contributed by atoms with Crippen molar-refractivity contribution >= 4 is 5.91 Å². The van der Waals surface area contributed by atoms with Crippen LogP contribution in [0.25, 0.3) is 0 Å². The van der Waals surface area contributed by atoms with Crippen molar-refractivity contribution in [2.75, 3.05) is 26.7 Å². The molecule has 0 N–H and O–H groups in total. The Kier molecular flexibility index (Phi) is 4.36. The third-order valence-corrected chi connectivity index (χ3v) is 3.32. The van der Waals surface area contributed by atoms with Gasteiger partial charge in [0.25, 0.3) is 0 Å². The molecular weight excluding hydrogens is 228 g/mol. The van der Waals surface area contributed by atoms with E-state index in [9.17, 15) is 4.79 Å². The second-order valence-corrected chi connectivity index (χ2v) is 5.14. The zero-order valence-corrected chi connectivity index (χ0v) is 11.3. The number of carbonyl (C=O) groups is 1. The van der Waals surface area contributed by atoms with Crippen molar-refractivity contribution in [3.8, 4) is 0 Å². The Balaban J connectivity index is 1.79. The predicted octanol–water partition coefficient (Wildman–Crippen LogP) is 0.864. The van der Waals surface area contributed by atoms with Crippen LogP contribution < -0.4 is 0 Å². The van der Waals surface area contributed by atoms with Crippen LogP contribution in [0.4, 0.5) is 0 Å². The Morgan fingerprint density at radius 3 is 2.72 bits per heavy atom. The number of likely N-dealkylation sites (N-methyl/N-ethyl adjacent to an activating group) is 1. The fourth-order valence-electron chi connectivity index (χ4n) is 2.40. The van der Waals surface area contributed by atoms with Gasteiger partial charge in [-0.3, -0.25) is 14.4 Å². The molecule has 1 aromatic heterocycles. The number of rotatable bonds is 4. The average molecular weight is 250 g/mol. The van der Waals surface area contributed by atoms with Crippen molar-refractivity contribution in [3.63, 3.8) is 0 Å². The van der Waals surface area contributed by atoms with E-state index in [0.29, 0.717) is 6.54 Å². The van der Waals surface area contributed by atoms with Gasteiger partial charge in [0, 0.05) is 38.4 Å². The molecule has 1 fully saturated rings. The van der Waals surface area contributed by atoms with Crippen molar-refractivity contribution in [1.29, 1.82) is 0 Å². The van der Waals surface area contributed by atoms with Gasteiger partial charge in [-0.25, -0.2) is 0 Å². The second kappa shape index (κ2) is 6.00. The molecule has 0 aromatic carbocycles. The SMILES string of the molecule is CN(CC(=O)N1CCCCC1)Cc1cnn(C)c1. The molecule has 0 radical (unpaired) electrons. The number of piperidine rings is 1. The van der Waals surface area contributed by atoms with Crippen molar-refractivity contribution < 1.29 is 4.79 Å². The minimum atomic E-state index is 0.251. The summed E-state index contributed by atoms with van der Waals surface area (Å²) in [6, 6.07) is 0. The molecule has 0 saturated carbocycles. The van der Waals surface area contributed by atoms with Gasteiger partial charge in [-0.2, -0.15) is 5.10 Å². The number of aryl methyl sites for hydroxylation is 1. The van der Waals surface area contributed by atoms with E-state index in [-0.39, 0.29) is 5.91 Å². The fourth-order valence-corrected chi connectivity index (χ4v) is 2.40. The summed E-state index contributed by atoms with van der Waals surface area (Å²) in [5.41, 5.74) is 1.14. The molecular formula is C13H22N4O. The van der Waals surface area contributed by atoms with E-state index in [1.54, 1.807) is 4.68 Å². The van der Waals surface area contributed by atoms with E-state index in [0.717, 1.165) is 38.0 Å². The van der Waals surface area contributed by atoms with Crippen LogP contribution in [0.2, 0.25) is 0 Å². The van der Waals surface area contributed by atoms with Crippen molar-refractivity contribution in [1.82, 2.24) is 19.6 Å². The predicted molar refractivity (Wildman–Crippen MR) is 70.0 cm³/mol. The van der Waals surface area contributed by atoms with Crippen molar-refractivity contribution in [2.24, 2.45) is 7.05 Å². The first-order valence-electron chi connectivity index (χ1n) is 6.59. The van der Waals surface area contributed by atoms with Crippen LogP contribution >= 0.6 is 0 Å². The van der Waals surface area contributed by atoms with E-state index in [4.69, 9.17) is 0 Å². The van der Waals surface area contributed by atoms with Crippen LogP contribution in [0.15, 0.2) is 12.4 Å². The van der Waals surface area contributed by atoms with Gasteiger partial charge in [0.05, 0.1) is 12.7 Å². The zero-order chi connectivity index (χ0) is 13.0. The zero-order valence-electron chi connectivity index (χ0n) is 11.3. The lowest BCUT2D eigenvalue weighted by atomic mass is 10.1. The van der Waals surface area contributed by atoms with Gasteiger partial charge in [-0.1, -0.05) is 0 Å². The van der Waals surface area contributed by atoms with Crippen LogP contribution in [0.3, 0.4) is 0 Å². The first-order chi connectivity index (χ1) is 8.65. The molecule has 1 aliphatic heterocycles. The van der Waals surface area contributed by atoms with Gasteiger partial charge in [0.15, 0.2) is 0 Å². The Morgan fingerprint density at radius 1 is 1.39 bits per heavy atom. The maximum absolute atomic E-state index is 12.1. The molecule has 0 spiro atoms. The minimum Gasteiger partial charge on any atom is -0.342 e. The highest BCUT2D eigenvalue weighted by molar-refractivity contribution is 5.78. The van der Waals surface area contributed by atoms with Crippen molar-refractivity contribution in [3.05, 3.63) is 18.0 Å². The number of nitrogens with zero attached hydrogens (tertiary/aromatic N) is 4. The molecule has 1 aliphatic rings. The van der Waals surface area contributed by atoms with Gasteiger partial charge < -0.3 is 4.90 Å². The molecule has 100 valence electrons. The maximum Gasteiger partial charge on any atom is 0.236 e. The monoisotopic (exact) mass is 250 g/mol. The Morgan fingerprint density at radius 2 is 2.11 bits per heavy atom. The summed E-state index contributed by atoms with van der Waals surface area (Å²) in [7, 11) is 3.89. The number of aromatic nitrogens is 2. The molecule has 2 rings (SSSR count). The van der Waals surface area contributed by atoms with E-state index >= 15 is 0 Å². The summed E-state index contributed by atoms with van der Waals surface area (Å²) < 4.78 is 1.79. The van der Waals surface area contributed by atoms with Crippen LogP contribution in [0.1, 0.15) is 24.8 Å². The highest BCUT2D eigenvalue weighted by atomic mass is 16.2.